The summed E-state index contributed by atoms with van der Waals surface area (Å²) in [5.74, 6) is -0.229. The third kappa shape index (κ3) is 4.74. The molecule has 0 spiro atoms. The number of esters is 1. The van der Waals surface area contributed by atoms with Gasteiger partial charge in [0.25, 0.3) is 0 Å². The molecular formula is C24H26N4O4S2. The number of hydrogen-bond acceptors (Lipinski definition) is 7. The summed E-state index contributed by atoms with van der Waals surface area (Å²) in [6.45, 7) is 6.06. The SMILES string of the molecule is C=CC(c1cccnc1)S(=O)(=O)N(C)c1cccc2cc(C3=NCC(OC(=O)CCC)S3)[nH]c12. The van der Waals surface area contributed by atoms with Crippen molar-refractivity contribution in [2.75, 3.05) is 17.9 Å². The van der Waals surface area contributed by atoms with Crippen molar-refractivity contribution >= 4 is 49.4 Å². The number of rotatable bonds is 9. The van der Waals surface area contributed by atoms with Gasteiger partial charge in [-0.15, -0.1) is 6.58 Å². The van der Waals surface area contributed by atoms with E-state index in [1.165, 1.54) is 35.4 Å². The van der Waals surface area contributed by atoms with Crippen LogP contribution in [-0.2, 0) is 19.6 Å². The quantitative estimate of drug-likeness (QED) is 0.346. The minimum absolute atomic E-state index is 0.229. The van der Waals surface area contributed by atoms with Crippen LogP contribution in [0.4, 0.5) is 5.69 Å². The monoisotopic (exact) mass is 498 g/mol. The zero-order chi connectivity index (χ0) is 24.3. The number of H-pyrrole nitrogens is 1. The fourth-order valence-electron chi connectivity index (χ4n) is 3.78. The molecule has 2 unspecified atom stereocenters. The lowest BCUT2D eigenvalue weighted by Gasteiger charge is -2.24. The Balaban J connectivity index is 1.61. The summed E-state index contributed by atoms with van der Waals surface area (Å²) in [5, 5.41) is 0.631. The van der Waals surface area contributed by atoms with Crippen LogP contribution in [0.5, 0.6) is 0 Å². The van der Waals surface area contributed by atoms with E-state index in [1.807, 2.05) is 25.1 Å². The third-order valence-corrected chi connectivity index (χ3v) is 8.62. The highest BCUT2D eigenvalue weighted by Crippen LogP contribution is 2.35. The van der Waals surface area contributed by atoms with E-state index in [2.05, 4.69) is 21.5 Å². The molecule has 0 amide bonds. The molecule has 1 aliphatic heterocycles. The first-order valence-electron chi connectivity index (χ1n) is 10.9. The topological polar surface area (TPSA) is 105 Å². The molecule has 0 saturated heterocycles. The smallest absolute Gasteiger partial charge is 0.306 e. The van der Waals surface area contributed by atoms with Crippen molar-refractivity contribution in [1.82, 2.24) is 9.97 Å². The van der Waals surface area contributed by atoms with Crippen LogP contribution in [0.1, 0.15) is 36.3 Å². The second kappa shape index (κ2) is 10.0. The molecule has 2 atom stereocenters. The zero-order valence-corrected chi connectivity index (χ0v) is 20.6. The largest absolute Gasteiger partial charge is 0.449 e. The predicted octanol–water partition coefficient (Wildman–Crippen LogP) is 4.42. The van der Waals surface area contributed by atoms with Crippen LogP contribution < -0.4 is 4.31 Å². The van der Waals surface area contributed by atoms with E-state index < -0.39 is 15.3 Å². The predicted molar refractivity (Wildman–Crippen MR) is 137 cm³/mol. The second-order valence-electron chi connectivity index (χ2n) is 7.81. The lowest BCUT2D eigenvalue weighted by molar-refractivity contribution is -0.144. The van der Waals surface area contributed by atoms with Crippen molar-refractivity contribution in [3.05, 3.63) is 72.7 Å². The summed E-state index contributed by atoms with van der Waals surface area (Å²) >= 11 is 1.38. The van der Waals surface area contributed by atoms with Crippen LogP contribution in [-0.4, -0.2) is 48.4 Å². The number of sulfonamides is 1. The van der Waals surface area contributed by atoms with Crippen LogP contribution in [0, 0.1) is 0 Å². The molecule has 0 radical (unpaired) electrons. The highest BCUT2D eigenvalue weighted by molar-refractivity contribution is 8.15. The number of nitrogens with zero attached hydrogens (tertiary/aromatic N) is 3. The number of para-hydroxylation sites is 1. The molecule has 0 saturated carbocycles. The molecule has 1 aliphatic rings. The average Bonchev–Trinajstić information content (AvgIpc) is 3.46. The van der Waals surface area contributed by atoms with E-state index in [1.54, 1.807) is 24.4 Å². The molecule has 3 heterocycles. The Bertz CT molecular complexity index is 1340. The van der Waals surface area contributed by atoms with Gasteiger partial charge in [-0.05, 0) is 30.2 Å². The Labute approximate surface area is 203 Å². The Kier molecular flexibility index (Phi) is 7.08. The normalized spacial score (nSPS) is 16.8. The van der Waals surface area contributed by atoms with Gasteiger partial charge in [-0.3, -0.25) is 19.1 Å². The first-order valence-corrected chi connectivity index (χ1v) is 13.3. The van der Waals surface area contributed by atoms with E-state index in [0.29, 0.717) is 29.7 Å². The van der Waals surface area contributed by atoms with Crippen LogP contribution >= 0.6 is 11.8 Å². The lowest BCUT2D eigenvalue weighted by Crippen LogP contribution is -2.31. The maximum absolute atomic E-state index is 13.5. The Morgan fingerprint density at radius 1 is 1.38 bits per heavy atom. The number of pyridine rings is 1. The molecule has 0 aliphatic carbocycles. The van der Waals surface area contributed by atoms with Crippen molar-refractivity contribution < 1.29 is 17.9 Å². The molecule has 0 bridgehead atoms. The molecule has 34 heavy (non-hydrogen) atoms. The Hall–Kier alpha value is -3.11. The maximum Gasteiger partial charge on any atom is 0.306 e. The Morgan fingerprint density at radius 3 is 2.91 bits per heavy atom. The fraction of sp³-hybridized carbons (Fsp3) is 0.292. The Morgan fingerprint density at radius 2 is 2.21 bits per heavy atom. The maximum atomic E-state index is 13.5. The molecule has 178 valence electrons. The van der Waals surface area contributed by atoms with Crippen LogP contribution in [0.25, 0.3) is 10.9 Å². The summed E-state index contributed by atoms with van der Waals surface area (Å²) in [7, 11) is -2.29. The van der Waals surface area contributed by atoms with Crippen LogP contribution in [0.3, 0.4) is 0 Å². The molecule has 8 nitrogen and oxygen atoms in total. The van der Waals surface area contributed by atoms with Crippen molar-refractivity contribution in [3.8, 4) is 0 Å². The van der Waals surface area contributed by atoms with Crippen molar-refractivity contribution in [2.24, 2.45) is 4.99 Å². The minimum Gasteiger partial charge on any atom is -0.449 e. The summed E-state index contributed by atoms with van der Waals surface area (Å²) in [6, 6.07) is 10.8. The summed E-state index contributed by atoms with van der Waals surface area (Å²) in [6.07, 6.45) is 5.66. The van der Waals surface area contributed by atoms with Crippen molar-refractivity contribution in [3.63, 3.8) is 0 Å². The zero-order valence-electron chi connectivity index (χ0n) is 19.0. The van der Waals surface area contributed by atoms with Gasteiger partial charge in [-0.2, -0.15) is 0 Å². The second-order valence-corrected chi connectivity index (χ2v) is 11.0. The number of aromatic nitrogens is 2. The molecule has 4 rings (SSSR count). The average molecular weight is 499 g/mol. The molecule has 10 heteroatoms. The van der Waals surface area contributed by atoms with Gasteiger partial charge in [0.1, 0.15) is 10.3 Å². The van der Waals surface area contributed by atoms with Gasteiger partial charge in [0.15, 0.2) is 5.44 Å². The minimum atomic E-state index is -3.82. The van der Waals surface area contributed by atoms with E-state index >= 15 is 0 Å². The van der Waals surface area contributed by atoms with Gasteiger partial charge >= 0.3 is 5.97 Å². The molecule has 3 aromatic rings. The highest BCUT2D eigenvalue weighted by Gasteiger charge is 2.31. The van der Waals surface area contributed by atoms with E-state index in [9.17, 15) is 13.2 Å². The lowest BCUT2D eigenvalue weighted by atomic mass is 10.2. The first-order chi connectivity index (χ1) is 16.3. The first kappa shape index (κ1) is 24.0. The molecular weight excluding hydrogens is 472 g/mol. The number of aliphatic imine (C=N–C) groups is 1. The molecule has 2 aromatic heterocycles. The standard InChI is InChI=1S/C24H26N4O4S2/c1-4-8-21(29)32-22-15-26-24(33-22)18-13-16-9-6-11-19(23(16)27-18)28(3)34(30,31)20(5-2)17-10-7-12-25-14-17/h5-7,9-14,20,22,27H,2,4,8,15H2,1,3H3. The van der Waals surface area contributed by atoms with Crippen molar-refractivity contribution in [2.45, 2.75) is 30.5 Å². The van der Waals surface area contributed by atoms with Gasteiger partial charge in [0, 0.05) is 31.2 Å². The number of carbonyl (C=O) groups excluding carboxylic acids is 1. The van der Waals surface area contributed by atoms with E-state index in [4.69, 9.17) is 4.74 Å². The molecule has 0 fully saturated rings. The number of benzene rings is 1. The summed E-state index contributed by atoms with van der Waals surface area (Å²) in [5.41, 5.74) is 2.13. The number of fused-ring (bicyclic) bond motifs is 1. The summed E-state index contributed by atoms with van der Waals surface area (Å²) in [4.78, 5) is 23.7. The van der Waals surface area contributed by atoms with Gasteiger partial charge in [0.05, 0.1) is 23.4 Å². The number of anilines is 1. The van der Waals surface area contributed by atoms with Crippen LogP contribution in [0.15, 0.2) is 66.4 Å². The fourth-order valence-corrected chi connectivity index (χ4v) is 6.21. The molecule has 1 aromatic carbocycles. The van der Waals surface area contributed by atoms with Crippen LogP contribution in [0.2, 0.25) is 0 Å². The molecule has 1 N–H and O–H groups in total. The van der Waals surface area contributed by atoms with Crippen molar-refractivity contribution in [1.29, 1.82) is 0 Å². The van der Waals surface area contributed by atoms with E-state index in [0.717, 1.165) is 22.5 Å². The highest BCUT2D eigenvalue weighted by atomic mass is 32.2. The van der Waals surface area contributed by atoms with Gasteiger partial charge in [-0.1, -0.05) is 43.0 Å². The summed E-state index contributed by atoms with van der Waals surface area (Å²) < 4.78 is 33.7. The van der Waals surface area contributed by atoms with Gasteiger partial charge < -0.3 is 9.72 Å². The van der Waals surface area contributed by atoms with Gasteiger partial charge in [-0.25, -0.2) is 8.42 Å². The van der Waals surface area contributed by atoms with Gasteiger partial charge in [0.2, 0.25) is 10.0 Å². The number of thioether (sulfide) groups is 1. The number of nitrogens with one attached hydrogen (secondary N) is 1. The number of ether oxygens (including phenoxy) is 1. The van der Waals surface area contributed by atoms with E-state index in [-0.39, 0.29) is 11.4 Å². The third-order valence-electron chi connectivity index (χ3n) is 5.48. The number of carbonyl (C=O) groups is 1. The number of aromatic amines is 1. The number of hydrogen-bond donors (Lipinski definition) is 1.